The van der Waals surface area contributed by atoms with Crippen LogP contribution in [0.4, 0.5) is 27.6 Å². The molecular formula is C10H7ClF5NO3S. The van der Waals surface area contributed by atoms with Gasteiger partial charge in [-0.3, -0.25) is 4.79 Å². The molecule has 118 valence electrons. The molecule has 11 heteroatoms. The summed E-state index contributed by atoms with van der Waals surface area (Å²) in [5.41, 5.74) is -0.673. The van der Waals surface area contributed by atoms with Gasteiger partial charge in [-0.25, -0.2) is 8.42 Å². The van der Waals surface area contributed by atoms with Gasteiger partial charge in [0, 0.05) is 6.26 Å². The highest BCUT2D eigenvalue weighted by molar-refractivity contribution is 7.90. The number of carbonyl (C=O) groups is 1. The lowest BCUT2D eigenvalue weighted by molar-refractivity contribution is -0.267. The van der Waals surface area contributed by atoms with Gasteiger partial charge in [-0.15, -0.1) is 0 Å². The normalized spacial score (nSPS) is 13.1. The van der Waals surface area contributed by atoms with E-state index in [1.54, 1.807) is 0 Å². The number of hydrogen-bond acceptors (Lipinski definition) is 3. The van der Waals surface area contributed by atoms with Crippen LogP contribution in [0.5, 0.6) is 0 Å². The highest BCUT2D eigenvalue weighted by Gasteiger charge is 2.63. The molecule has 0 aliphatic carbocycles. The number of alkyl halides is 5. The molecule has 1 aromatic carbocycles. The molecule has 0 aliphatic rings. The number of amides is 1. The van der Waals surface area contributed by atoms with E-state index < -0.39 is 43.4 Å². The predicted octanol–water partition coefficient (Wildman–Crippen LogP) is 2.88. The predicted molar refractivity (Wildman–Crippen MR) is 64.2 cm³/mol. The van der Waals surface area contributed by atoms with Crippen LogP contribution in [0, 0.1) is 0 Å². The Kier molecular flexibility index (Phi) is 4.54. The zero-order valence-corrected chi connectivity index (χ0v) is 11.7. The topological polar surface area (TPSA) is 63.2 Å². The van der Waals surface area contributed by atoms with Gasteiger partial charge in [0.2, 0.25) is 0 Å². The van der Waals surface area contributed by atoms with Gasteiger partial charge < -0.3 is 5.32 Å². The molecule has 0 atom stereocenters. The Hall–Kier alpha value is -1.42. The second-order valence-electron chi connectivity index (χ2n) is 3.94. The summed E-state index contributed by atoms with van der Waals surface area (Å²) >= 11 is 5.52. The molecule has 0 heterocycles. The van der Waals surface area contributed by atoms with Crippen molar-refractivity contribution in [1.82, 2.24) is 0 Å². The lowest BCUT2D eigenvalue weighted by Crippen LogP contribution is -2.47. The molecule has 1 aromatic rings. The van der Waals surface area contributed by atoms with Gasteiger partial charge in [-0.05, 0) is 18.2 Å². The molecule has 0 radical (unpaired) electrons. The molecule has 1 amide bonds. The molecule has 1 rings (SSSR count). The van der Waals surface area contributed by atoms with Crippen molar-refractivity contribution in [1.29, 1.82) is 0 Å². The lowest BCUT2D eigenvalue weighted by atomic mass is 10.2. The molecule has 0 aliphatic heterocycles. The first-order chi connectivity index (χ1) is 9.26. The number of nitrogens with one attached hydrogen (secondary N) is 1. The number of benzene rings is 1. The van der Waals surface area contributed by atoms with Crippen LogP contribution in [0.15, 0.2) is 23.1 Å². The molecule has 0 saturated carbocycles. The first kappa shape index (κ1) is 17.6. The molecule has 1 N–H and O–H groups in total. The van der Waals surface area contributed by atoms with Gasteiger partial charge in [0.05, 0.1) is 15.6 Å². The van der Waals surface area contributed by atoms with Crippen molar-refractivity contribution in [3.05, 3.63) is 23.2 Å². The summed E-state index contributed by atoms with van der Waals surface area (Å²) in [4.78, 5) is 10.6. The van der Waals surface area contributed by atoms with Crippen LogP contribution in [0.1, 0.15) is 0 Å². The van der Waals surface area contributed by atoms with E-state index in [9.17, 15) is 35.2 Å². The van der Waals surface area contributed by atoms with E-state index in [4.69, 9.17) is 11.6 Å². The Labute approximate surface area is 120 Å². The van der Waals surface area contributed by atoms with E-state index in [0.29, 0.717) is 6.07 Å². The Balaban J connectivity index is 3.18. The number of hydrogen-bond donors (Lipinski definition) is 1. The van der Waals surface area contributed by atoms with Gasteiger partial charge in [0.1, 0.15) is 0 Å². The minimum absolute atomic E-state index is 0.395. The van der Waals surface area contributed by atoms with Crippen molar-refractivity contribution in [2.45, 2.75) is 17.0 Å². The SMILES string of the molecule is CS(=O)(=O)c1ccc(Cl)c(NC(=O)C(F)(F)C(F)(F)F)c1. The van der Waals surface area contributed by atoms with E-state index in [1.165, 1.54) is 5.32 Å². The first-order valence-electron chi connectivity index (χ1n) is 5.02. The Morgan fingerprint density at radius 3 is 2.14 bits per heavy atom. The summed E-state index contributed by atoms with van der Waals surface area (Å²) in [6, 6.07) is 2.64. The minimum atomic E-state index is -6.09. The molecule has 0 saturated heterocycles. The summed E-state index contributed by atoms with van der Waals surface area (Å²) in [6.07, 6.45) is -5.30. The zero-order valence-electron chi connectivity index (χ0n) is 10.1. The Morgan fingerprint density at radius 1 is 1.19 bits per heavy atom. The van der Waals surface area contributed by atoms with E-state index in [1.807, 2.05) is 0 Å². The minimum Gasteiger partial charge on any atom is -0.319 e. The van der Waals surface area contributed by atoms with Crippen molar-refractivity contribution >= 4 is 33.0 Å². The fraction of sp³-hybridized carbons (Fsp3) is 0.300. The van der Waals surface area contributed by atoms with E-state index in [-0.39, 0.29) is 0 Å². The van der Waals surface area contributed by atoms with Crippen LogP contribution < -0.4 is 5.32 Å². The van der Waals surface area contributed by atoms with Gasteiger partial charge in [-0.2, -0.15) is 22.0 Å². The quantitative estimate of drug-likeness (QED) is 0.852. The van der Waals surface area contributed by atoms with Crippen LogP contribution in [-0.4, -0.2) is 32.7 Å². The average molecular weight is 352 g/mol. The fourth-order valence-corrected chi connectivity index (χ4v) is 1.97. The molecule has 0 spiro atoms. The zero-order chi connectivity index (χ0) is 16.6. The van der Waals surface area contributed by atoms with Crippen molar-refractivity contribution in [3.8, 4) is 0 Å². The molecule has 0 fully saturated rings. The summed E-state index contributed by atoms with van der Waals surface area (Å²) < 4.78 is 84.1. The largest absolute Gasteiger partial charge is 0.463 e. The fourth-order valence-electron chi connectivity index (χ4n) is 1.16. The smallest absolute Gasteiger partial charge is 0.319 e. The number of anilines is 1. The monoisotopic (exact) mass is 351 g/mol. The molecule has 0 unspecified atom stereocenters. The summed E-state index contributed by atoms with van der Waals surface area (Å²) in [6.45, 7) is 0. The Morgan fingerprint density at radius 2 is 1.71 bits per heavy atom. The van der Waals surface area contributed by atoms with Gasteiger partial charge >= 0.3 is 18.0 Å². The van der Waals surface area contributed by atoms with Crippen molar-refractivity contribution in [2.24, 2.45) is 0 Å². The molecule has 4 nitrogen and oxygen atoms in total. The van der Waals surface area contributed by atoms with E-state index in [2.05, 4.69) is 0 Å². The maximum Gasteiger partial charge on any atom is 0.463 e. The second-order valence-corrected chi connectivity index (χ2v) is 6.36. The number of carbonyl (C=O) groups excluding carboxylic acids is 1. The maximum atomic E-state index is 12.8. The molecular weight excluding hydrogens is 345 g/mol. The van der Waals surface area contributed by atoms with Crippen LogP contribution >= 0.6 is 11.6 Å². The van der Waals surface area contributed by atoms with Crippen LogP contribution in [0.2, 0.25) is 5.02 Å². The maximum absolute atomic E-state index is 12.8. The standard InChI is InChI=1S/C10H7ClF5NO3S/c1-21(19,20)5-2-3-6(11)7(4-5)17-8(18)9(12,13)10(14,15)16/h2-4H,1H3,(H,17,18). The third-order valence-electron chi connectivity index (χ3n) is 2.26. The van der Waals surface area contributed by atoms with E-state index in [0.717, 1.165) is 18.4 Å². The summed E-state index contributed by atoms with van der Waals surface area (Å²) in [5.74, 6) is -8.31. The third-order valence-corrected chi connectivity index (χ3v) is 3.70. The highest BCUT2D eigenvalue weighted by atomic mass is 35.5. The second kappa shape index (κ2) is 5.41. The molecule has 0 bridgehead atoms. The van der Waals surface area contributed by atoms with Crippen LogP contribution in [0.25, 0.3) is 0 Å². The summed E-state index contributed by atoms with van der Waals surface area (Å²) in [5, 5.41) is 0.869. The highest BCUT2D eigenvalue weighted by Crippen LogP contribution is 2.37. The van der Waals surface area contributed by atoms with Gasteiger partial charge in [0.15, 0.2) is 9.84 Å². The van der Waals surface area contributed by atoms with Crippen LogP contribution in [0.3, 0.4) is 0 Å². The van der Waals surface area contributed by atoms with E-state index >= 15 is 0 Å². The first-order valence-corrected chi connectivity index (χ1v) is 7.29. The third kappa shape index (κ3) is 3.82. The van der Waals surface area contributed by atoms with Gasteiger partial charge in [-0.1, -0.05) is 11.6 Å². The van der Waals surface area contributed by atoms with Crippen molar-refractivity contribution < 1.29 is 35.2 Å². The lowest BCUT2D eigenvalue weighted by Gasteiger charge is -2.19. The average Bonchev–Trinajstić information content (AvgIpc) is 2.28. The van der Waals surface area contributed by atoms with Crippen molar-refractivity contribution in [3.63, 3.8) is 0 Å². The number of rotatable bonds is 3. The number of sulfone groups is 1. The number of halogens is 6. The Bertz CT molecular complexity index is 672. The summed E-state index contributed by atoms with van der Waals surface area (Å²) in [7, 11) is -3.76. The van der Waals surface area contributed by atoms with Crippen molar-refractivity contribution in [2.75, 3.05) is 11.6 Å². The van der Waals surface area contributed by atoms with Crippen LogP contribution in [-0.2, 0) is 14.6 Å². The van der Waals surface area contributed by atoms with Gasteiger partial charge in [0.25, 0.3) is 0 Å². The molecule has 21 heavy (non-hydrogen) atoms. The molecule has 0 aromatic heterocycles.